The Morgan fingerprint density at radius 1 is 1.05 bits per heavy atom. The maximum Gasteiger partial charge on any atom is 0.252 e. The van der Waals surface area contributed by atoms with Crippen LogP contribution in [0.2, 0.25) is 0 Å². The topological polar surface area (TPSA) is 104 Å². The number of alkyl halides is 2. The molecular formula is C31H36F2N4O4. The van der Waals surface area contributed by atoms with Crippen LogP contribution in [-0.4, -0.2) is 46.3 Å². The first-order valence-electron chi connectivity index (χ1n) is 14.3. The molecule has 5 aliphatic rings. The number of hydrogen-bond acceptors (Lipinski definition) is 5. The molecule has 2 amide bonds. The van der Waals surface area contributed by atoms with Gasteiger partial charge in [0.1, 0.15) is 17.1 Å². The van der Waals surface area contributed by atoms with Gasteiger partial charge >= 0.3 is 0 Å². The third kappa shape index (κ3) is 5.13. The van der Waals surface area contributed by atoms with Crippen LogP contribution in [0.15, 0.2) is 36.4 Å². The number of halogens is 2. The van der Waals surface area contributed by atoms with Gasteiger partial charge in [-0.3, -0.25) is 19.9 Å². The van der Waals surface area contributed by atoms with Crippen molar-refractivity contribution >= 4 is 17.8 Å². The Kier molecular flexibility index (Phi) is 6.50. The lowest BCUT2D eigenvalue weighted by Gasteiger charge is -2.46. The molecule has 3 atom stereocenters. The molecule has 3 N–H and O–H groups in total. The summed E-state index contributed by atoms with van der Waals surface area (Å²) in [4.78, 5) is 28.6. The number of amides is 2. The molecule has 7 rings (SSSR count). The molecule has 1 fully saturated rings. The van der Waals surface area contributed by atoms with Crippen molar-refractivity contribution in [3.8, 4) is 11.5 Å². The Bertz CT molecular complexity index is 1410. The van der Waals surface area contributed by atoms with Crippen molar-refractivity contribution in [1.82, 2.24) is 15.5 Å². The number of nitrogens with one attached hydrogen (secondary N) is 3. The third-order valence-electron chi connectivity index (χ3n) is 8.92. The second-order valence-corrected chi connectivity index (χ2v) is 12.5. The summed E-state index contributed by atoms with van der Waals surface area (Å²) in [6.07, 6.45) is 0.471. The summed E-state index contributed by atoms with van der Waals surface area (Å²) in [5.41, 5.74) is 0.661. The van der Waals surface area contributed by atoms with Crippen molar-refractivity contribution in [2.45, 2.75) is 94.9 Å². The maximum absolute atomic E-state index is 15.4. The molecular weight excluding hydrogens is 530 g/mol. The lowest BCUT2D eigenvalue weighted by molar-refractivity contribution is -0.133. The van der Waals surface area contributed by atoms with E-state index in [-0.39, 0.29) is 30.6 Å². The summed E-state index contributed by atoms with van der Waals surface area (Å²) >= 11 is 0. The molecule has 2 aromatic rings. The van der Waals surface area contributed by atoms with E-state index in [4.69, 9.17) is 14.9 Å². The predicted molar refractivity (Wildman–Crippen MR) is 149 cm³/mol. The highest BCUT2D eigenvalue weighted by Crippen LogP contribution is 2.43. The molecule has 10 heteroatoms. The van der Waals surface area contributed by atoms with Crippen LogP contribution in [0.25, 0.3) is 0 Å². The van der Waals surface area contributed by atoms with E-state index in [0.29, 0.717) is 59.6 Å². The molecule has 0 saturated carbocycles. The smallest absolute Gasteiger partial charge is 0.252 e. The van der Waals surface area contributed by atoms with Crippen molar-refractivity contribution in [2.24, 2.45) is 0 Å². The molecule has 0 aliphatic carbocycles. The molecule has 41 heavy (non-hydrogen) atoms. The number of fused-ring (bicyclic) bond motifs is 6. The van der Waals surface area contributed by atoms with Crippen LogP contribution >= 0.6 is 0 Å². The van der Waals surface area contributed by atoms with E-state index in [0.717, 1.165) is 0 Å². The van der Waals surface area contributed by atoms with E-state index in [1.807, 2.05) is 20.8 Å². The van der Waals surface area contributed by atoms with Crippen molar-refractivity contribution in [2.75, 3.05) is 6.61 Å². The Hall–Kier alpha value is -3.69. The average molecular weight is 567 g/mol. The number of hydrogen-bond donors (Lipinski definition) is 3. The van der Waals surface area contributed by atoms with E-state index in [2.05, 4.69) is 10.6 Å². The van der Waals surface area contributed by atoms with Crippen molar-refractivity contribution in [3.63, 3.8) is 0 Å². The van der Waals surface area contributed by atoms with Crippen molar-refractivity contribution in [1.29, 1.82) is 5.41 Å². The first-order valence-corrected chi connectivity index (χ1v) is 14.3. The summed E-state index contributed by atoms with van der Waals surface area (Å²) in [6, 6.07) is 9.28. The summed E-state index contributed by atoms with van der Waals surface area (Å²) < 4.78 is 42.9. The van der Waals surface area contributed by atoms with Crippen molar-refractivity contribution in [3.05, 3.63) is 58.7 Å². The standard InChI is InChI=1S/C31H36F2N4O4/c1-4-30-10-11-31(32,33)15-18-5-7-25-20(13-18)22(16-29(2,3)41-25)35-27(39)19-6-8-24-21(14-19)23(9-12-40-24)37(26(38)17-30)28(34)36-30/h5-8,13-14,22-23H,4,9-12,15-17H2,1-3H3,(H2,34,36)(H,35,39)/t22-,23+,30+/m0/s1. The van der Waals surface area contributed by atoms with Crippen LogP contribution in [0.5, 0.6) is 11.5 Å². The largest absolute Gasteiger partial charge is 0.493 e. The molecule has 1 saturated heterocycles. The molecule has 2 aromatic carbocycles. The molecule has 0 aromatic heterocycles. The molecule has 0 unspecified atom stereocenters. The molecule has 0 spiro atoms. The minimum Gasteiger partial charge on any atom is -0.493 e. The highest BCUT2D eigenvalue weighted by atomic mass is 19.3. The zero-order valence-corrected chi connectivity index (χ0v) is 23.6. The fourth-order valence-corrected chi connectivity index (χ4v) is 6.70. The van der Waals surface area contributed by atoms with Gasteiger partial charge in [-0.05, 0) is 62.6 Å². The Morgan fingerprint density at radius 3 is 2.59 bits per heavy atom. The van der Waals surface area contributed by atoms with Gasteiger partial charge < -0.3 is 20.1 Å². The lowest BCUT2D eigenvalue weighted by Crippen LogP contribution is -2.63. The zero-order valence-electron chi connectivity index (χ0n) is 23.6. The Balaban J connectivity index is 1.45. The first kappa shape index (κ1) is 27.5. The van der Waals surface area contributed by atoms with E-state index in [9.17, 15) is 9.59 Å². The summed E-state index contributed by atoms with van der Waals surface area (Å²) in [5.74, 6) is -2.63. The molecule has 0 radical (unpaired) electrons. The average Bonchev–Trinajstić information content (AvgIpc) is 2.91. The zero-order chi connectivity index (χ0) is 29.2. The SMILES string of the molecule is CC[C@]12CCC(F)(F)Cc3ccc4c(c3)[C@H](CC(C)(C)O4)NC(=O)c3ccc4c(c3)[C@@H](CCO4)N(C(=N)N1)C(=O)C2. The summed E-state index contributed by atoms with van der Waals surface area (Å²) in [7, 11) is 0. The van der Waals surface area contributed by atoms with Crippen LogP contribution in [-0.2, 0) is 11.2 Å². The normalized spacial score (nSPS) is 28.4. The third-order valence-corrected chi connectivity index (χ3v) is 8.92. The van der Waals surface area contributed by atoms with Crippen LogP contribution in [0, 0.1) is 5.41 Å². The lowest BCUT2D eigenvalue weighted by atomic mass is 9.82. The Labute approximate surface area is 238 Å². The van der Waals surface area contributed by atoms with Gasteiger partial charge in [0.15, 0.2) is 5.96 Å². The van der Waals surface area contributed by atoms with E-state index < -0.39 is 42.0 Å². The minimum atomic E-state index is -3.04. The molecule has 5 heterocycles. The fourth-order valence-electron chi connectivity index (χ4n) is 6.70. The summed E-state index contributed by atoms with van der Waals surface area (Å²) in [6.45, 7) is 6.07. The molecule has 5 aliphatic heterocycles. The van der Waals surface area contributed by atoms with Crippen LogP contribution in [0.3, 0.4) is 0 Å². The highest BCUT2D eigenvalue weighted by Gasteiger charge is 2.46. The number of rotatable bonds is 1. The number of benzene rings is 2. The van der Waals surface area contributed by atoms with Gasteiger partial charge in [0.2, 0.25) is 5.91 Å². The van der Waals surface area contributed by atoms with Gasteiger partial charge in [0, 0.05) is 47.9 Å². The molecule has 6 bridgehead atoms. The van der Waals surface area contributed by atoms with Crippen LogP contribution in [0.1, 0.15) is 98.4 Å². The van der Waals surface area contributed by atoms with Crippen molar-refractivity contribution < 1.29 is 27.8 Å². The van der Waals surface area contributed by atoms with Crippen LogP contribution < -0.4 is 20.1 Å². The quantitative estimate of drug-likeness (QED) is 0.428. The number of nitrogens with zero attached hydrogens (tertiary/aromatic N) is 1. The Morgan fingerprint density at radius 2 is 1.83 bits per heavy atom. The van der Waals surface area contributed by atoms with Gasteiger partial charge in [0.05, 0.1) is 25.1 Å². The number of ether oxygens (including phenoxy) is 2. The van der Waals surface area contributed by atoms with E-state index in [1.54, 1.807) is 36.4 Å². The van der Waals surface area contributed by atoms with Gasteiger partial charge in [-0.25, -0.2) is 8.78 Å². The van der Waals surface area contributed by atoms with Crippen LogP contribution in [0.4, 0.5) is 8.78 Å². The van der Waals surface area contributed by atoms with Gasteiger partial charge in [-0.15, -0.1) is 0 Å². The number of carbonyl (C=O) groups excluding carboxylic acids is 2. The van der Waals surface area contributed by atoms with Gasteiger partial charge in [0.25, 0.3) is 11.8 Å². The highest BCUT2D eigenvalue weighted by molar-refractivity contribution is 6.00. The molecule has 218 valence electrons. The first-order chi connectivity index (χ1) is 19.4. The fraction of sp³-hybridized carbons (Fsp3) is 0.516. The van der Waals surface area contributed by atoms with Gasteiger partial charge in [-0.2, -0.15) is 0 Å². The van der Waals surface area contributed by atoms with E-state index >= 15 is 8.78 Å². The number of guanidine groups is 1. The maximum atomic E-state index is 15.4. The monoisotopic (exact) mass is 566 g/mol. The second kappa shape index (κ2) is 9.70. The molecule has 8 nitrogen and oxygen atoms in total. The second-order valence-electron chi connectivity index (χ2n) is 12.5. The number of carbonyl (C=O) groups is 2. The van der Waals surface area contributed by atoms with Gasteiger partial charge in [-0.1, -0.05) is 13.0 Å². The minimum absolute atomic E-state index is 0.00246. The van der Waals surface area contributed by atoms with E-state index in [1.165, 1.54) is 4.90 Å². The summed E-state index contributed by atoms with van der Waals surface area (Å²) in [5, 5.41) is 15.0. The predicted octanol–water partition coefficient (Wildman–Crippen LogP) is 5.42.